The van der Waals surface area contributed by atoms with Crippen LogP contribution in [-0.4, -0.2) is 30.0 Å². The van der Waals surface area contributed by atoms with Crippen LogP contribution in [0.1, 0.15) is 19.8 Å². The zero-order valence-corrected chi connectivity index (χ0v) is 11.7. The Bertz CT molecular complexity index is 453. The zero-order valence-electron chi connectivity index (χ0n) is 10.2. The number of rotatable bonds is 3. The summed E-state index contributed by atoms with van der Waals surface area (Å²) in [4.78, 5) is 13.7. The van der Waals surface area contributed by atoms with Crippen molar-refractivity contribution in [3.63, 3.8) is 0 Å². The molecule has 1 atom stereocenters. The average molecular weight is 316 g/mol. The van der Waals surface area contributed by atoms with Crippen molar-refractivity contribution in [3.8, 4) is 5.75 Å². The highest BCUT2D eigenvalue weighted by molar-refractivity contribution is 9.10. The molecule has 1 amide bonds. The molecule has 1 aromatic carbocycles. The summed E-state index contributed by atoms with van der Waals surface area (Å²) in [7, 11) is 0. The quantitative estimate of drug-likeness (QED) is 0.858. The predicted octanol–water partition coefficient (Wildman–Crippen LogP) is 2.98. The molecule has 98 valence electrons. The van der Waals surface area contributed by atoms with Crippen molar-refractivity contribution < 1.29 is 13.9 Å². The van der Waals surface area contributed by atoms with E-state index >= 15 is 0 Å². The van der Waals surface area contributed by atoms with Crippen LogP contribution in [0.15, 0.2) is 22.7 Å². The van der Waals surface area contributed by atoms with Crippen molar-refractivity contribution in [3.05, 3.63) is 28.5 Å². The van der Waals surface area contributed by atoms with Crippen LogP contribution < -0.4 is 4.74 Å². The van der Waals surface area contributed by atoms with Gasteiger partial charge in [-0.1, -0.05) is 0 Å². The fourth-order valence-electron chi connectivity index (χ4n) is 2.11. The van der Waals surface area contributed by atoms with Gasteiger partial charge in [-0.3, -0.25) is 4.79 Å². The van der Waals surface area contributed by atoms with E-state index in [2.05, 4.69) is 15.9 Å². The molecule has 1 aromatic rings. The Kier molecular flexibility index (Phi) is 4.22. The van der Waals surface area contributed by atoms with Gasteiger partial charge in [-0.05, 0) is 47.8 Å². The number of hydrogen-bond donors (Lipinski definition) is 0. The molecule has 0 spiro atoms. The molecule has 1 saturated heterocycles. The number of carbonyl (C=O) groups is 1. The molecule has 0 aliphatic carbocycles. The van der Waals surface area contributed by atoms with Gasteiger partial charge >= 0.3 is 0 Å². The first-order valence-corrected chi connectivity index (χ1v) is 6.74. The van der Waals surface area contributed by atoms with Gasteiger partial charge in [0.25, 0.3) is 5.91 Å². The third-order valence-electron chi connectivity index (χ3n) is 3.12. The van der Waals surface area contributed by atoms with Gasteiger partial charge in [0.15, 0.2) is 6.61 Å². The normalized spacial score (nSPS) is 19.1. The highest BCUT2D eigenvalue weighted by Gasteiger charge is 2.25. The highest BCUT2D eigenvalue weighted by atomic mass is 79.9. The molecule has 0 saturated carbocycles. The van der Waals surface area contributed by atoms with E-state index in [0.29, 0.717) is 10.2 Å². The Morgan fingerprint density at radius 3 is 3.06 bits per heavy atom. The van der Waals surface area contributed by atoms with E-state index in [0.717, 1.165) is 19.4 Å². The van der Waals surface area contributed by atoms with E-state index in [1.54, 1.807) is 6.07 Å². The standard InChI is InChI=1S/C13H15BrFNO2/c1-9-3-2-6-16(9)13(17)8-18-12-7-10(15)4-5-11(12)14/h4-5,7,9H,2-3,6,8H2,1H3/t9-/m1/s1. The van der Waals surface area contributed by atoms with Crippen LogP contribution in [0.3, 0.4) is 0 Å². The summed E-state index contributed by atoms with van der Waals surface area (Å²) in [5.41, 5.74) is 0. The van der Waals surface area contributed by atoms with Crippen LogP contribution in [0, 0.1) is 5.82 Å². The SMILES string of the molecule is C[C@@H]1CCCN1C(=O)COc1cc(F)ccc1Br. The number of likely N-dealkylation sites (tertiary alicyclic amines) is 1. The summed E-state index contributed by atoms with van der Waals surface area (Å²) < 4.78 is 19.0. The number of hydrogen-bond acceptors (Lipinski definition) is 2. The molecular formula is C13H15BrFNO2. The smallest absolute Gasteiger partial charge is 0.260 e. The van der Waals surface area contributed by atoms with Gasteiger partial charge in [-0.2, -0.15) is 0 Å². The Hall–Kier alpha value is -1.10. The highest BCUT2D eigenvalue weighted by Crippen LogP contribution is 2.25. The number of carbonyl (C=O) groups excluding carboxylic acids is 1. The fourth-order valence-corrected chi connectivity index (χ4v) is 2.48. The van der Waals surface area contributed by atoms with Crippen LogP contribution in [0.25, 0.3) is 0 Å². The maximum atomic E-state index is 13.0. The van der Waals surface area contributed by atoms with Crippen molar-refractivity contribution in [1.82, 2.24) is 4.90 Å². The Labute approximate surface area is 114 Å². The number of nitrogens with zero attached hydrogens (tertiary/aromatic N) is 1. The molecule has 0 N–H and O–H groups in total. The van der Waals surface area contributed by atoms with Crippen LogP contribution in [-0.2, 0) is 4.79 Å². The van der Waals surface area contributed by atoms with Crippen molar-refractivity contribution >= 4 is 21.8 Å². The number of halogens is 2. The van der Waals surface area contributed by atoms with Gasteiger partial charge in [0.2, 0.25) is 0 Å². The van der Waals surface area contributed by atoms with E-state index in [1.165, 1.54) is 12.1 Å². The topological polar surface area (TPSA) is 29.5 Å². The molecule has 0 unspecified atom stereocenters. The van der Waals surface area contributed by atoms with Gasteiger partial charge in [-0.25, -0.2) is 4.39 Å². The van der Waals surface area contributed by atoms with Crippen molar-refractivity contribution in [2.75, 3.05) is 13.2 Å². The third-order valence-corrected chi connectivity index (χ3v) is 3.77. The minimum Gasteiger partial charge on any atom is -0.482 e. The molecule has 0 bridgehead atoms. The molecule has 1 aliphatic heterocycles. The molecule has 5 heteroatoms. The van der Waals surface area contributed by atoms with Gasteiger partial charge in [0.05, 0.1) is 4.47 Å². The molecule has 0 radical (unpaired) electrons. The van der Waals surface area contributed by atoms with Crippen LogP contribution in [0.5, 0.6) is 5.75 Å². The lowest BCUT2D eigenvalue weighted by molar-refractivity contribution is -0.133. The Balaban J connectivity index is 1.95. The zero-order chi connectivity index (χ0) is 13.1. The molecule has 3 nitrogen and oxygen atoms in total. The van der Waals surface area contributed by atoms with E-state index in [-0.39, 0.29) is 24.4 Å². The fraction of sp³-hybridized carbons (Fsp3) is 0.462. The molecule has 0 aromatic heterocycles. The average Bonchev–Trinajstić information content (AvgIpc) is 2.76. The van der Waals surface area contributed by atoms with Gasteiger partial charge in [0.1, 0.15) is 11.6 Å². The summed E-state index contributed by atoms with van der Waals surface area (Å²) >= 11 is 3.26. The molecule has 2 rings (SSSR count). The number of ether oxygens (including phenoxy) is 1. The maximum absolute atomic E-state index is 13.0. The lowest BCUT2D eigenvalue weighted by Gasteiger charge is -2.21. The van der Waals surface area contributed by atoms with Crippen LogP contribution in [0.2, 0.25) is 0 Å². The summed E-state index contributed by atoms with van der Waals surface area (Å²) in [5, 5.41) is 0. The first-order valence-electron chi connectivity index (χ1n) is 5.95. The van der Waals surface area contributed by atoms with Gasteiger partial charge in [-0.15, -0.1) is 0 Å². The van der Waals surface area contributed by atoms with E-state index in [9.17, 15) is 9.18 Å². The minimum atomic E-state index is -0.379. The predicted molar refractivity (Wildman–Crippen MR) is 70.0 cm³/mol. The Morgan fingerprint density at radius 1 is 1.61 bits per heavy atom. The van der Waals surface area contributed by atoms with Crippen molar-refractivity contribution in [2.24, 2.45) is 0 Å². The summed E-state index contributed by atoms with van der Waals surface area (Å²) in [5.74, 6) is -0.0680. The van der Waals surface area contributed by atoms with E-state index in [4.69, 9.17) is 4.74 Å². The first-order chi connectivity index (χ1) is 8.58. The second kappa shape index (κ2) is 5.69. The van der Waals surface area contributed by atoms with Gasteiger partial charge < -0.3 is 9.64 Å². The van der Waals surface area contributed by atoms with Gasteiger partial charge in [0, 0.05) is 18.7 Å². The molecule has 1 aliphatic rings. The number of amides is 1. The monoisotopic (exact) mass is 315 g/mol. The number of benzene rings is 1. The minimum absolute atomic E-state index is 0.0452. The van der Waals surface area contributed by atoms with E-state index < -0.39 is 0 Å². The third kappa shape index (κ3) is 3.02. The first kappa shape index (κ1) is 13.3. The Morgan fingerprint density at radius 2 is 2.39 bits per heavy atom. The van der Waals surface area contributed by atoms with Crippen molar-refractivity contribution in [2.45, 2.75) is 25.8 Å². The summed E-state index contributed by atoms with van der Waals surface area (Å²) in [6, 6.07) is 4.44. The molecule has 18 heavy (non-hydrogen) atoms. The van der Waals surface area contributed by atoms with Crippen LogP contribution in [0.4, 0.5) is 4.39 Å². The lowest BCUT2D eigenvalue weighted by atomic mass is 10.2. The largest absolute Gasteiger partial charge is 0.482 e. The maximum Gasteiger partial charge on any atom is 0.260 e. The summed E-state index contributed by atoms with van der Waals surface area (Å²) in [6.45, 7) is 2.77. The lowest BCUT2D eigenvalue weighted by Crippen LogP contribution is -2.37. The molecular weight excluding hydrogens is 301 g/mol. The second-order valence-electron chi connectivity index (χ2n) is 4.44. The van der Waals surface area contributed by atoms with Crippen molar-refractivity contribution in [1.29, 1.82) is 0 Å². The second-order valence-corrected chi connectivity index (χ2v) is 5.30. The van der Waals surface area contributed by atoms with Crippen LogP contribution >= 0.6 is 15.9 Å². The van der Waals surface area contributed by atoms with E-state index in [1.807, 2.05) is 11.8 Å². The summed E-state index contributed by atoms with van der Waals surface area (Å²) in [6.07, 6.45) is 2.08. The molecule has 1 heterocycles. The molecule has 1 fully saturated rings.